The van der Waals surface area contributed by atoms with Crippen LogP contribution in [0.3, 0.4) is 0 Å². The second kappa shape index (κ2) is 5.51. The highest BCUT2D eigenvalue weighted by molar-refractivity contribution is 5.85. The predicted molar refractivity (Wildman–Crippen MR) is 72.0 cm³/mol. The molecule has 1 aromatic carbocycles. The second-order valence-corrected chi connectivity index (χ2v) is 4.51. The molecule has 2 rings (SSSR count). The van der Waals surface area contributed by atoms with Gasteiger partial charge in [-0.2, -0.15) is 0 Å². The summed E-state index contributed by atoms with van der Waals surface area (Å²) in [4.78, 5) is 0. The van der Waals surface area contributed by atoms with Gasteiger partial charge in [-0.15, -0.1) is 12.4 Å². The fraction of sp³-hybridized carbons (Fsp3) is 0.429. The Balaban J connectivity index is 0.00000128. The van der Waals surface area contributed by atoms with E-state index in [1.54, 1.807) is 0 Å². The van der Waals surface area contributed by atoms with Gasteiger partial charge in [0.1, 0.15) is 0 Å². The lowest BCUT2D eigenvalue weighted by Gasteiger charge is -2.34. The maximum atomic E-state index is 5.93. The summed E-state index contributed by atoms with van der Waals surface area (Å²) in [5, 5.41) is 0. The topological polar surface area (TPSA) is 26.0 Å². The van der Waals surface area contributed by atoms with E-state index in [-0.39, 0.29) is 17.8 Å². The van der Waals surface area contributed by atoms with Crippen molar-refractivity contribution >= 4 is 12.4 Å². The molecule has 0 saturated carbocycles. The van der Waals surface area contributed by atoms with Crippen molar-refractivity contribution in [3.05, 3.63) is 47.5 Å². The smallest absolute Gasteiger partial charge is 0.00478 e. The van der Waals surface area contributed by atoms with Crippen LogP contribution in [0.15, 0.2) is 36.4 Å². The number of nitrogens with two attached hydrogens (primary N) is 1. The second-order valence-electron chi connectivity index (χ2n) is 4.51. The Morgan fingerprint density at radius 1 is 1.31 bits per heavy atom. The molecule has 0 fully saturated rings. The van der Waals surface area contributed by atoms with Crippen molar-refractivity contribution in [2.24, 2.45) is 11.1 Å². The van der Waals surface area contributed by atoms with Gasteiger partial charge in [0.15, 0.2) is 0 Å². The lowest BCUT2D eigenvalue weighted by molar-refractivity contribution is 0.340. The zero-order valence-corrected chi connectivity index (χ0v) is 10.6. The minimum absolute atomic E-state index is 0. The maximum Gasteiger partial charge on any atom is 0.00478 e. The quantitative estimate of drug-likeness (QED) is 0.786. The molecule has 1 nitrogen and oxygen atoms in total. The van der Waals surface area contributed by atoms with Crippen molar-refractivity contribution < 1.29 is 0 Å². The molecule has 1 aromatic rings. The van der Waals surface area contributed by atoms with E-state index in [1.807, 2.05) is 0 Å². The predicted octanol–water partition coefficient (Wildman–Crippen LogP) is 3.12. The Hall–Kier alpha value is -0.790. The molecule has 0 amide bonds. The third-order valence-corrected chi connectivity index (χ3v) is 3.48. The van der Waals surface area contributed by atoms with Crippen molar-refractivity contribution in [1.82, 2.24) is 0 Å². The first kappa shape index (κ1) is 13.3. The molecule has 0 heterocycles. The minimum Gasteiger partial charge on any atom is -0.330 e. The van der Waals surface area contributed by atoms with Gasteiger partial charge in [-0.05, 0) is 37.3 Å². The van der Waals surface area contributed by atoms with Crippen molar-refractivity contribution in [2.45, 2.75) is 26.2 Å². The average Bonchev–Trinajstić information content (AvgIpc) is 2.29. The molecular formula is C14H20ClN. The SMILES string of the molecule is CC=CC1(CN)CCc2ccccc2C1.Cl. The summed E-state index contributed by atoms with van der Waals surface area (Å²) in [6.07, 6.45) is 7.89. The van der Waals surface area contributed by atoms with E-state index in [9.17, 15) is 0 Å². The molecule has 88 valence electrons. The van der Waals surface area contributed by atoms with E-state index in [0.717, 1.165) is 19.4 Å². The Labute approximate surface area is 104 Å². The van der Waals surface area contributed by atoms with Gasteiger partial charge >= 0.3 is 0 Å². The molecule has 0 spiro atoms. The zero-order chi connectivity index (χ0) is 10.7. The van der Waals surface area contributed by atoms with Crippen molar-refractivity contribution in [3.63, 3.8) is 0 Å². The van der Waals surface area contributed by atoms with Crippen molar-refractivity contribution in [2.75, 3.05) is 6.54 Å². The highest BCUT2D eigenvalue weighted by Gasteiger charge is 2.30. The Kier molecular flexibility index (Phi) is 4.57. The molecule has 1 unspecified atom stereocenters. The van der Waals surface area contributed by atoms with Crippen LogP contribution < -0.4 is 5.73 Å². The highest BCUT2D eigenvalue weighted by atomic mass is 35.5. The molecule has 0 aliphatic heterocycles. The highest BCUT2D eigenvalue weighted by Crippen LogP contribution is 2.35. The number of fused-ring (bicyclic) bond motifs is 1. The summed E-state index contributed by atoms with van der Waals surface area (Å²) < 4.78 is 0. The van der Waals surface area contributed by atoms with E-state index < -0.39 is 0 Å². The van der Waals surface area contributed by atoms with E-state index in [2.05, 4.69) is 43.3 Å². The van der Waals surface area contributed by atoms with Gasteiger partial charge in [0.2, 0.25) is 0 Å². The first-order chi connectivity index (χ1) is 7.29. The van der Waals surface area contributed by atoms with Crippen LogP contribution in [0.25, 0.3) is 0 Å². The molecule has 0 aromatic heterocycles. The molecule has 1 aliphatic rings. The maximum absolute atomic E-state index is 5.93. The molecule has 2 N–H and O–H groups in total. The van der Waals surface area contributed by atoms with E-state index in [1.165, 1.54) is 17.5 Å². The van der Waals surface area contributed by atoms with Crippen LogP contribution in [0.2, 0.25) is 0 Å². The van der Waals surface area contributed by atoms with Crippen molar-refractivity contribution in [1.29, 1.82) is 0 Å². The van der Waals surface area contributed by atoms with Crippen LogP contribution in [0, 0.1) is 5.41 Å². The molecule has 0 radical (unpaired) electrons. The van der Waals surface area contributed by atoms with Crippen LogP contribution in [-0.2, 0) is 12.8 Å². The molecule has 0 saturated heterocycles. The van der Waals surface area contributed by atoms with Gasteiger partial charge in [0.05, 0.1) is 0 Å². The van der Waals surface area contributed by atoms with Crippen molar-refractivity contribution in [3.8, 4) is 0 Å². The summed E-state index contributed by atoms with van der Waals surface area (Å²) >= 11 is 0. The normalized spacial score (nSPS) is 23.9. The summed E-state index contributed by atoms with van der Waals surface area (Å²) in [6, 6.07) is 8.73. The Morgan fingerprint density at radius 3 is 2.62 bits per heavy atom. The van der Waals surface area contributed by atoms with Gasteiger partial charge in [0.25, 0.3) is 0 Å². The lowest BCUT2D eigenvalue weighted by atomic mass is 9.71. The first-order valence-electron chi connectivity index (χ1n) is 5.70. The Morgan fingerprint density at radius 2 is 2.00 bits per heavy atom. The van der Waals surface area contributed by atoms with Crippen LogP contribution >= 0.6 is 12.4 Å². The molecule has 16 heavy (non-hydrogen) atoms. The van der Waals surface area contributed by atoms with E-state index in [0.29, 0.717) is 0 Å². The molecule has 1 atom stereocenters. The number of hydrogen-bond donors (Lipinski definition) is 1. The molecule has 1 aliphatic carbocycles. The number of allylic oxidation sites excluding steroid dienone is 1. The molecule has 0 bridgehead atoms. The molecule has 2 heteroatoms. The zero-order valence-electron chi connectivity index (χ0n) is 9.78. The first-order valence-corrected chi connectivity index (χ1v) is 5.70. The standard InChI is InChI=1S/C14H19N.ClH/c1-2-8-14(11-15)9-7-12-5-3-4-6-13(12)10-14;/h2-6,8H,7,9-11,15H2,1H3;1H. The van der Waals surface area contributed by atoms with Gasteiger partial charge in [-0.25, -0.2) is 0 Å². The molecular weight excluding hydrogens is 218 g/mol. The van der Waals surface area contributed by atoms with Crippen LogP contribution in [-0.4, -0.2) is 6.54 Å². The summed E-state index contributed by atoms with van der Waals surface area (Å²) in [5.74, 6) is 0. The minimum atomic E-state index is 0. The van der Waals surface area contributed by atoms with Gasteiger partial charge in [-0.3, -0.25) is 0 Å². The number of benzene rings is 1. The fourth-order valence-electron chi connectivity index (χ4n) is 2.56. The Bertz CT molecular complexity index is 373. The lowest BCUT2D eigenvalue weighted by Crippen LogP contribution is -2.34. The van der Waals surface area contributed by atoms with E-state index in [4.69, 9.17) is 5.73 Å². The number of rotatable bonds is 2. The van der Waals surface area contributed by atoms with Gasteiger partial charge in [0, 0.05) is 12.0 Å². The van der Waals surface area contributed by atoms with Crippen LogP contribution in [0.4, 0.5) is 0 Å². The third-order valence-electron chi connectivity index (χ3n) is 3.48. The largest absolute Gasteiger partial charge is 0.330 e. The van der Waals surface area contributed by atoms with E-state index >= 15 is 0 Å². The number of halogens is 1. The monoisotopic (exact) mass is 237 g/mol. The summed E-state index contributed by atoms with van der Waals surface area (Å²) in [6.45, 7) is 2.84. The average molecular weight is 238 g/mol. The summed E-state index contributed by atoms with van der Waals surface area (Å²) in [7, 11) is 0. The third kappa shape index (κ3) is 2.47. The van der Waals surface area contributed by atoms with Crippen LogP contribution in [0.5, 0.6) is 0 Å². The number of aryl methyl sites for hydroxylation is 1. The van der Waals surface area contributed by atoms with Gasteiger partial charge < -0.3 is 5.73 Å². The fourth-order valence-corrected chi connectivity index (χ4v) is 2.56. The summed E-state index contributed by atoms with van der Waals surface area (Å²) in [5.41, 5.74) is 9.13. The van der Waals surface area contributed by atoms with Gasteiger partial charge in [-0.1, -0.05) is 36.4 Å². The van der Waals surface area contributed by atoms with Crippen LogP contribution in [0.1, 0.15) is 24.5 Å². The number of hydrogen-bond acceptors (Lipinski definition) is 1.